The van der Waals surface area contributed by atoms with Gasteiger partial charge < -0.3 is 20.9 Å². The molecule has 7 nitrogen and oxygen atoms in total. The molecule has 2 fully saturated rings. The van der Waals surface area contributed by atoms with E-state index in [2.05, 4.69) is 0 Å². The molecular formula is C19H20ClFN4O3. The summed E-state index contributed by atoms with van der Waals surface area (Å²) < 4.78 is 16.8. The van der Waals surface area contributed by atoms with Crippen LogP contribution in [0.4, 0.5) is 10.1 Å². The van der Waals surface area contributed by atoms with Gasteiger partial charge in [0.05, 0.1) is 21.6 Å². The Morgan fingerprint density at radius 2 is 2.00 bits per heavy atom. The van der Waals surface area contributed by atoms with Gasteiger partial charge in [0.1, 0.15) is 17.2 Å². The maximum absolute atomic E-state index is 15.1. The molecule has 2 aromatic rings. The Morgan fingerprint density at radius 3 is 2.64 bits per heavy atom. The number of hydrogen-bond acceptors (Lipinski definition) is 5. The number of nitrogens with zero attached hydrogens (tertiary/aromatic N) is 2. The first-order chi connectivity index (χ1) is 13.3. The smallest absolute Gasteiger partial charge is 0.254 e. The summed E-state index contributed by atoms with van der Waals surface area (Å²) in [6.07, 6.45) is 3.62. The summed E-state index contributed by atoms with van der Waals surface area (Å²) in [6, 6.07) is 0.747. The molecule has 1 aliphatic heterocycles. The molecule has 4 rings (SSSR count). The molecular weight excluding hydrogens is 387 g/mol. The fourth-order valence-corrected chi connectivity index (χ4v) is 4.24. The minimum Gasteiger partial charge on any atom is -0.366 e. The average molecular weight is 407 g/mol. The van der Waals surface area contributed by atoms with Gasteiger partial charge in [0.15, 0.2) is 0 Å². The first-order valence-corrected chi connectivity index (χ1v) is 9.54. The molecule has 1 atom stereocenters. The average Bonchev–Trinajstić information content (AvgIpc) is 3.45. The molecule has 9 heteroatoms. The van der Waals surface area contributed by atoms with Gasteiger partial charge in [-0.25, -0.2) is 4.39 Å². The zero-order chi connectivity index (χ0) is 20.2. The predicted octanol–water partition coefficient (Wildman–Crippen LogP) is 1.72. The van der Waals surface area contributed by atoms with Crippen molar-refractivity contribution >= 4 is 39.9 Å². The summed E-state index contributed by atoms with van der Waals surface area (Å²) in [5.74, 6) is -1.53. The lowest BCUT2D eigenvalue weighted by Gasteiger charge is -2.27. The number of amides is 1. The van der Waals surface area contributed by atoms with E-state index in [0.29, 0.717) is 12.1 Å². The molecule has 2 heterocycles. The SMILES string of the molecule is NC(=O)c1cn(C2CC2)c2c(Cl)c(N3CCC(=O)C[C@@H](N)C3)c(F)cc2c1=O. The second-order valence-electron chi connectivity index (χ2n) is 7.49. The number of pyridine rings is 1. The number of carbonyl (C=O) groups excluding carboxylic acids is 2. The van der Waals surface area contributed by atoms with Gasteiger partial charge in [-0.1, -0.05) is 11.6 Å². The third-order valence-corrected chi connectivity index (χ3v) is 5.67. The van der Waals surface area contributed by atoms with Crippen molar-refractivity contribution in [2.45, 2.75) is 37.8 Å². The van der Waals surface area contributed by atoms with Crippen LogP contribution in [0, 0.1) is 5.82 Å². The number of nitrogens with two attached hydrogens (primary N) is 2. The fraction of sp³-hybridized carbons (Fsp3) is 0.421. The molecule has 0 unspecified atom stereocenters. The number of halogens is 2. The van der Waals surface area contributed by atoms with Crippen LogP contribution in [0.3, 0.4) is 0 Å². The minimum absolute atomic E-state index is 0.0182. The predicted molar refractivity (Wildman–Crippen MR) is 104 cm³/mol. The Bertz CT molecular complexity index is 1060. The molecule has 0 bridgehead atoms. The van der Waals surface area contributed by atoms with Crippen LogP contribution in [0.2, 0.25) is 5.02 Å². The standard InChI is InChI=1S/C19H20ClFN4O3/c20-15-16-12(18(27)13(19(23)28)8-25(16)10-1-2-10)6-14(21)17(15)24-4-3-11(26)5-9(22)7-24/h6,8-10H,1-5,7,22H2,(H2,23,28)/t9-/m1/s1. The highest BCUT2D eigenvalue weighted by atomic mass is 35.5. The largest absolute Gasteiger partial charge is 0.366 e. The topological polar surface area (TPSA) is 111 Å². The Morgan fingerprint density at radius 1 is 1.29 bits per heavy atom. The van der Waals surface area contributed by atoms with Crippen LogP contribution in [0.15, 0.2) is 17.1 Å². The van der Waals surface area contributed by atoms with Crippen LogP contribution in [0.25, 0.3) is 10.9 Å². The highest BCUT2D eigenvalue weighted by molar-refractivity contribution is 6.38. The molecule has 1 amide bonds. The van der Waals surface area contributed by atoms with E-state index in [4.69, 9.17) is 23.1 Å². The van der Waals surface area contributed by atoms with Crippen molar-refractivity contribution in [3.8, 4) is 0 Å². The Hall–Kier alpha value is -2.45. The second kappa shape index (κ2) is 6.86. The first kappa shape index (κ1) is 18.9. The van der Waals surface area contributed by atoms with Crippen LogP contribution in [-0.4, -0.2) is 35.4 Å². The molecule has 1 aromatic carbocycles. The van der Waals surface area contributed by atoms with Crippen molar-refractivity contribution in [2.24, 2.45) is 11.5 Å². The van der Waals surface area contributed by atoms with Crippen LogP contribution in [-0.2, 0) is 4.79 Å². The van der Waals surface area contributed by atoms with Crippen molar-refractivity contribution in [3.63, 3.8) is 0 Å². The first-order valence-electron chi connectivity index (χ1n) is 9.16. The highest BCUT2D eigenvalue weighted by Gasteiger charge is 2.31. The number of primary amides is 1. The van der Waals surface area contributed by atoms with Crippen LogP contribution >= 0.6 is 11.6 Å². The Kier molecular flexibility index (Phi) is 4.63. The van der Waals surface area contributed by atoms with Gasteiger partial charge in [-0.15, -0.1) is 0 Å². The number of carbonyl (C=O) groups is 2. The van der Waals surface area contributed by atoms with Crippen molar-refractivity contribution < 1.29 is 14.0 Å². The summed E-state index contributed by atoms with van der Waals surface area (Å²) in [5, 5.41) is 0.0983. The highest BCUT2D eigenvalue weighted by Crippen LogP contribution is 2.42. The van der Waals surface area contributed by atoms with E-state index < -0.39 is 23.2 Å². The normalized spacial score (nSPS) is 20.5. The van der Waals surface area contributed by atoms with Crippen molar-refractivity contribution in [1.29, 1.82) is 0 Å². The molecule has 1 aliphatic carbocycles. The second-order valence-corrected chi connectivity index (χ2v) is 7.87. The third kappa shape index (κ3) is 3.16. The van der Waals surface area contributed by atoms with E-state index in [1.54, 1.807) is 9.47 Å². The van der Waals surface area contributed by atoms with Gasteiger partial charge in [0.25, 0.3) is 5.91 Å². The number of rotatable bonds is 3. The maximum atomic E-state index is 15.1. The number of fused-ring (bicyclic) bond motifs is 1. The molecule has 28 heavy (non-hydrogen) atoms. The number of ketones is 1. The van der Waals surface area contributed by atoms with Crippen LogP contribution < -0.4 is 21.8 Å². The van der Waals surface area contributed by atoms with Gasteiger partial charge in [-0.3, -0.25) is 14.4 Å². The number of aromatic nitrogens is 1. The maximum Gasteiger partial charge on any atom is 0.254 e. The van der Waals surface area contributed by atoms with Crippen LogP contribution in [0.1, 0.15) is 42.1 Å². The fourth-order valence-electron chi connectivity index (χ4n) is 3.83. The lowest BCUT2D eigenvalue weighted by atomic mass is 10.1. The van der Waals surface area contributed by atoms with Crippen molar-refractivity contribution in [2.75, 3.05) is 18.0 Å². The van der Waals surface area contributed by atoms with E-state index in [9.17, 15) is 14.4 Å². The quantitative estimate of drug-likeness (QED) is 0.806. The molecule has 2 aliphatic rings. The van der Waals surface area contributed by atoms with E-state index in [1.807, 2.05) is 0 Å². The number of hydrogen-bond donors (Lipinski definition) is 2. The third-order valence-electron chi connectivity index (χ3n) is 5.31. The van der Waals surface area contributed by atoms with E-state index in [1.165, 1.54) is 6.20 Å². The summed E-state index contributed by atoms with van der Waals surface area (Å²) in [4.78, 5) is 37.9. The Labute approximate surface area is 165 Å². The minimum atomic E-state index is -0.862. The van der Waals surface area contributed by atoms with Gasteiger partial charge in [-0.05, 0) is 18.9 Å². The number of benzene rings is 1. The summed E-state index contributed by atoms with van der Waals surface area (Å²) in [5.41, 5.74) is 11.0. The van der Waals surface area contributed by atoms with E-state index in [-0.39, 0.29) is 52.9 Å². The number of anilines is 1. The van der Waals surface area contributed by atoms with Crippen LogP contribution in [0.5, 0.6) is 0 Å². The van der Waals surface area contributed by atoms with Gasteiger partial charge >= 0.3 is 0 Å². The van der Waals surface area contributed by atoms with E-state index in [0.717, 1.165) is 18.9 Å². The summed E-state index contributed by atoms with van der Waals surface area (Å²) in [7, 11) is 0. The molecule has 1 saturated carbocycles. The van der Waals surface area contributed by atoms with Gasteiger partial charge in [0, 0.05) is 44.2 Å². The molecule has 4 N–H and O–H groups in total. The van der Waals surface area contributed by atoms with E-state index >= 15 is 4.39 Å². The van der Waals surface area contributed by atoms with Gasteiger partial charge in [0.2, 0.25) is 5.43 Å². The van der Waals surface area contributed by atoms with Crippen molar-refractivity contribution in [1.82, 2.24) is 4.57 Å². The monoisotopic (exact) mass is 406 g/mol. The Balaban J connectivity index is 1.96. The van der Waals surface area contributed by atoms with Crippen molar-refractivity contribution in [3.05, 3.63) is 38.9 Å². The molecule has 1 saturated heterocycles. The van der Waals surface area contributed by atoms with Gasteiger partial charge in [-0.2, -0.15) is 0 Å². The molecule has 1 aromatic heterocycles. The lowest BCUT2D eigenvalue weighted by molar-refractivity contribution is -0.118. The zero-order valence-corrected chi connectivity index (χ0v) is 15.8. The number of Topliss-reactive ketones (excluding diaryl/α,β-unsaturated/α-hetero) is 1. The summed E-state index contributed by atoms with van der Waals surface area (Å²) >= 11 is 6.62. The summed E-state index contributed by atoms with van der Waals surface area (Å²) in [6.45, 7) is 0.572. The molecule has 0 spiro atoms. The molecule has 0 radical (unpaired) electrons. The zero-order valence-electron chi connectivity index (χ0n) is 15.1. The lowest BCUT2D eigenvalue weighted by Crippen LogP contribution is -2.36. The molecule has 148 valence electrons.